The van der Waals surface area contributed by atoms with Crippen molar-refractivity contribution in [2.24, 2.45) is 5.73 Å². The average molecular weight is 360 g/mol. The molecule has 0 bridgehead atoms. The molecule has 0 radical (unpaired) electrons. The molecule has 25 heavy (non-hydrogen) atoms. The van der Waals surface area contributed by atoms with E-state index in [4.69, 9.17) is 10.5 Å². The average Bonchev–Trinajstić information content (AvgIpc) is 2.63. The number of nitrogens with one attached hydrogen (secondary N) is 1. The summed E-state index contributed by atoms with van der Waals surface area (Å²) in [4.78, 5) is 0. The number of ether oxygens (including phenoxy) is 1. The van der Waals surface area contributed by atoms with Gasteiger partial charge >= 0.3 is 0 Å². The highest BCUT2D eigenvalue weighted by Crippen LogP contribution is 2.36. The number of hydrogen-bond acceptors (Lipinski definition) is 4. The van der Waals surface area contributed by atoms with Gasteiger partial charge in [0.1, 0.15) is 12.4 Å². The van der Waals surface area contributed by atoms with Crippen LogP contribution in [0.15, 0.2) is 48.5 Å². The lowest BCUT2D eigenvalue weighted by Crippen LogP contribution is -2.39. The van der Waals surface area contributed by atoms with E-state index in [1.165, 1.54) is 5.56 Å². The van der Waals surface area contributed by atoms with E-state index in [2.05, 4.69) is 16.9 Å². The molecule has 0 amide bonds. The van der Waals surface area contributed by atoms with Crippen molar-refractivity contribution in [2.75, 3.05) is 12.4 Å². The van der Waals surface area contributed by atoms with Gasteiger partial charge in [-0.1, -0.05) is 42.5 Å². The fraction of sp³-hybridized carbons (Fsp3) is 0.368. The maximum absolute atomic E-state index is 11.7. The molecule has 1 aliphatic heterocycles. The van der Waals surface area contributed by atoms with E-state index < -0.39 is 10.0 Å². The highest BCUT2D eigenvalue weighted by molar-refractivity contribution is 7.89. The number of benzene rings is 2. The highest BCUT2D eigenvalue weighted by Gasteiger charge is 2.28. The molecular formula is C19H24N2O3S. The van der Waals surface area contributed by atoms with Crippen LogP contribution in [0.2, 0.25) is 0 Å². The summed E-state index contributed by atoms with van der Waals surface area (Å²) in [5.41, 5.74) is 9.51. The Morgan fingerprint density at radius 1 is 1.16 bits per heavy atom. The van der Waals surface area contributed by atoms with Crippen LogP contribution in [-0.4, -0.2) is 26.8 Å². The minimum Gasteiger partial charge on any atom is -0.492 e. The lowest BCUT2D eigenvalue weighted by molar-refractivity contribution is 0.238. The Morgan fingerprint density at radius 3 is 2.64 bits per heavy atom. The quantitative estimate of drug-likeness (QED) is 0.827. The lowest BCUT2D eigenvalue weighted by atomic mass is 9.84. The van der Waals surface area contributed by atoms with Crippen LogP contribution >= 0.6 is 0 Å². The minimum atomic E-state index is -3.22. The van der Waals surface area contributed by atoms with E-state index in [1.54, 1.807) is 6.92 Å². The Labute approximate surface area is 149 Å². The van der Waals surface area contributed by atoms with Gasteiger partial charge in [0.25, 0.3) is 0 Å². The number of fused-ring (bicyclic) bond motifs is 1. The van der Waals surface area contributed by atoms with Gasteiger partial charge in [0.15, 0.2) is 0 Å². The van der Waals surface area contributed by atoms with Gasteiger partial charge in [-0.2, -0.15) is 0 Å². The van der Waals surface area contributed by atoms with E-state index in [9.17, 15) is 8.42 Å². The molecule has 2 aromatic rings. The third kappa shape index (κ3) is 4.39. The Kier molecular flexibility index (Phi) is 5.42. The van der Waals surface area contributed by atoms with E-state index >= 15 is 0 Å². The molecule has 0 spiro atoms. The van der Waals surface area contributed by atoms with Gasteiger partial charge in [0, 0.05) is 18.5 Å². The second kappa shape index (κ2) is 7.56. The number of sulfonamides is 1. The summed E-state index contributed by atoms with van der Waals surface area (Å²) in [6.07, 6.45) is 0.836. The zero-order valence-electron chi connectivity index (χ0n) is 14.3. The monoisotopic (exact) mass is 360 g/mol. The fourth-order valence-electron chi connectivity index (χ4n) is 3.09. The van der Waals surface area contributed by atoms with Crippen molar-refractivity contribution in [2.45, 2.75) is 31.8 Å². The summed E-state index contributed by atoms with van der Waals surface area (Å²) in [5.74, 6) is 1.06. The molecule has 0 aromatic heterocycles. The Hall–Kier alpha value is -1.89. The number of hydrogen-bond donors (Lipinski definition) is 2. The van der Waals surface area contributed by atoms with Gasteiger partial charge in [-0.3, -0.25) is 0 Å². The third-order valence-electron chi connectivity index (χ3n) is 4.60. The van der Waals surface area contributed by atoms with Crippen molar-refractivity contribution in [3.05, 3.63) is 65.2 Å². The normalized spacial score (nSPS) is 19.9. The SMILES string of the molecule is CCS(=O)(=O)NCc1ccc2c(c1)[C@H](Cc1ccccc1)[C@H](N)CO2. The molecule has 0 fully saturated rings. The highest BCUT2D eigenvalue weighted by atomic mass is 32.2. The van der Waals surface area contributed by atoms with Crippen LogP contribution in [0, 0.1) is 0 Å². The minimum absolute atomic E-state index is 0.0720. The van der Waals surface area contributed by atoms with E-state index in [0.29, 0.717) is 6.61 Å². The molecule has 1 aliphatic rings. The van der Waals surface area contributed by atoms with Crippen molar-refractivity contribution in [1.29, 1.82) is 0 Å². The molecule has 2 aromatic carbocycles. The molecule has 0 saturated carbocycles. The molecule has 134 valence electrons. The van der Waals surface area contributed by atoms with E-state index in [0.717, 1.165) is 23.3 Å². The Balaban J connectivity index is 1.84. The summed E-state index contributed by atoms with van der Waals surface area (Å²) in [6.45, 7) is 2.39. The smallest absolute Gasteiger partial charge is 0.211 e. The first-order valence-corrected chi connectivity index (χ1v) is 10.2. The van der Waals surface area contributed by atoms with Crippen LogP contribution in [0.25, 0.3) is 0 Å². The first-order valence-electron chi connectivity index (χ1n) is 8.51. The second-order valence-electron chi connectivity index (χ2n) is 6.37. The van der Waals surface area contributed by atoms with Crippen molar-refractivity contribution in [3.8, 4) is 5.75 Å². The summed E-state index contributed by atoms with van der Waals surface area (Å²) < 4.78 is 31.7. The Morgan fingerprint density at radius 2 is 1.92 bits per heavy atom. The molecule has 1 heterocycles. The van der Waals surface area contributed by atoms with Gasteiger partial charge in [-0.05, 0) is 36.1 Å². The van der Waals surface area contributed by atoms with Gasteiger partial charge in [0.05, 0.1) is 5.75 Å². The van der Waals surface area contributed by atoms with Crippen LogP contribution in [-0.2, 0) is 23.0 Å². The standard InChI is InChI=1S/C19H24N2O3S/c1-2-25(22,23)21-12-15-8-9-19-17(11-15)16(18(20)13-24-19)10-14-6-4-3-5-7-14/h3-9,11,16,18,21H,2,10,12-13,20H2,1H3/t16-,18+/m0/s1. The third-order valence-corrected chi connectivity index (χ3v) is 5.94. The molecule has 3 rings (SSSR count). The van der Waals surface area contributed by atoms with Crippen LogP contribution in [0.1, 0.15) is 29.5 Å². The van der Waals surface area contributed by atoms with Crippen molar-refractivity contribution in [3.63, 3.8) is 0 Å². The molecule has 0 unspecified atom stereocenters. The van der Waals surface area contributed by atoms with E-state index in [1.807, 2.05) is 36.4 Å². The molecule has 0 saturated heterocycles. The van der Waals surface area contributed by atoms with Gasteiger partial charge in [-0.25, -0.2) is 13.1 Å². The summed E-state index contributed by atoms with van der Waals surface area (Å²) in [6, 6.07) is 16.0. The zero-order chi connectivity index (χ0) is 17.9. The Bertz CT molecular complexity index is 822. The number of rotatable bonds is 6. The topological polar surface area (TPSA) is 81.4 Å². The molecule has 6 heteroatoms. The maximum Gasteiger partial charge on any atom is 0.211 e. The van der Waals surface area contributed by atoms with Crippen LogP contribution < -0.4 is 15.2 Å². The van der Waals surface area contributed by atoms with Gasteiger partial charge < -0.3 is 10.5 Å². The molecular weight excluding hydrogens is 336 g/mol. The summed E-state index contributed by atoms with van der Waals surface area (Å²) in [7, 11) is -3.22. The van der Waals surface area contributed by atoms with Crippen LogP contribution in [0.3, 0.4) is 0 Å². The molecule has 0 aliphatic carbocycles. The summed E-state index contributed by atoms with van der Waals surface area (Å²) in [5, 5.41) is 0. The lowest BCUT2D eigenvalue weighted by Gasteiger charge is -2.32. The second-order valence-corrected chi connectivity index (χ2v) is 8.46. The summed E-state index contributed by atoms with van der Waals surface area (Å²) >= 11 is 0. The molecule has 5 nitrogen and oxygen atoms in total. The van der Waals surface area contributed by atoms with Crippen molar-refractivity contribution < 1.29 is 13.2 Å². The maximum atomic E-state index is 11.7. The first kappa shape index (κ1) is 17.9. The van der Waals surface area contributed by atoms with Crippen LogP contribution in [0.4, 0.5) is 0 Å². The van der Waals surface area contributed by atoms with Gasteiger partial charge in [-0.15, -0.1) is 0 Å². The van der Waals surface area contributed by atoms with Crippen LogP contribution in [0.5, 0.6) is 5.75 Å². The van der Waals surface area contributed by atoms with Gasteiger partial charge in [0.2, 0.25) is 10.0 Å². The predicted octanol–water partition coefficient (Wildman–Crippen LogP) is 2.17. The fourth-order valence-corrected chi connectivity index (χ4v) is 3.68. The van der Waals surface area contributed by atoms with Crippen molar-refractivity contribution >= 4 is 10.0 Å². The molecule has 3 N–H and O–H groups in total. The van der Waals surface area contributed by atoms with Crippen molar-refractivity contribution in [1.82, 2.24) is 4.72 Å². The zero-order valence-corrected chi connectivity index (χ0v) is 15.1. The van der Waals surface area contributed by atoms with E-state index in [-0.39, 0.29) is 24.3 Å². The predicted molar refractivity (Wildman–Crippen MR) is 99.1 cm³/mol. The largest absolute Gasteiger partial charge is 0.492 e. The molecule has 2 atom stereocenters. The number of nitrogens with two attached hydrogens (primary N) is 1. The first-order chi connectivity index (χ1) is 12.0.